The van der Waals surface area contributed by atoms with Crippen LogP contribution in [0.25, 0.3) is 0 Å². The molecule has 118 valence electrons. The molecule has 6 heteroatoms. The summed E-state index contributed by atoms with van der Waals surface area (Å²) in [5.41, 5.74) is 6.61. The second-order valence-corrected chi connectivity index (χ2v) is 6.29. The van der Waals surface area contributed by atoms with E-state index in [9.17, 15) is 4.79 Å². The summed E-state index contributed by atoms with van der Waals surface area (Å²) in [7, 11) is 6.23. The number of carbonyl (C=O) groups excluding carboxylic acids is 1. The Kier molecular flexibility index (Phi) is 4.13. The fraction of sp³-hybridized carbons (Fsp3) is 0.500. The molecule has 1 unspecified atom stereocenters. The number of benzene rings is 1. The topological polar surface area (TPSA) is 60.0 Å². The molecule has 0 fully saturated rings. The molecule has 1 aromatic rings. The monoisotopic (exact) mass is 301 g/mol. The van der Waals surface area contributed by atoms with Gasteiger partial charge in [-0.3, -0.25) is 9.69 Å². The molecule has 22 heavy (non-hydrogen) atoms. The molecule has 0 radical (unpaired) electrons. The van der Waals surface area contributed by atoms with Crippen molar-refractivity contribution in [3.05, 3.63) is 29.3 Å². The molecule has 0 saturated carbocycles. The van der Waals surface area contributed by atoms with Gasteiger partial charge in [0.05, 0.1) is 5.71 Å². The van der Waals surface area contributed by atoms with Crippen molar-refractivity contribution in [2.75, 3.05) is 52.6 Å². The Labute approximate surface area is 131 Å². The van der Waals surface area contributed by atoms with Gasteiger partial charge in [0, 0.05) is 43.3 Å². The second-order valence-electron chi connectivity index (χ2n) is 6.29. The molecule has 0 bridgehead atoms. The lowest BCUT2D eigenvalue weighted by Crippen LogP contribution is -2.35. The molecule has 1 amide bonds. The van der Waals surface area contributed by atoms with Gasteiger partial charge < -0.3 is 10.2 Å². The number of nitrogens with one attached hydrogen (secondary N) is 2. The van der Waals surface area contributed by atoms with Crippen LogP contribution in [0.15, 0.2) is 23.3 Å². The van der Waals surface area contributed by atoms with Gasteiger partial charge in [-0.05, 0) is 38.8 Å². The summed E-state index contributed by atoms with van der Waals surface area (Å²) in [6.45, 7) is 3.53. The predicted molar refractivity (Wildman–Crippen MR) is 88.6 cm³/mol. The van der Waals surface area contributed by atoms with Crippen LogP contribution in [0.5, 0.6) is 0 Å². The molecule has 2 aliphatic rings. The normalized spacial score (nSPS) is 19.6. The van der Waals surface area contributed by atoms with E-state index in [1.54, 1.807) is 0 Å². The Morgan fingerprint density at radius 2 is 2.09 bits per heavy atom. The van der Waals surface area contributed by atoms with Crippen LogP contribution in [0.4, 0.5) is 5.69 Å². The highest BCUT2D eigenvalue weighted by molar-refractivity contribution is 6.06. The van der Waals surface area contributed by atoms with Crippen LogP contribution in [-0.4, -0.2) is 68.7 Å². The van der Waals surface area contributed by atoms with E-state index in [4.69, 9.17) is 0 Å². The van der Waals surface area contributed by atoms with E-state index < -0.39 is 0 Å². The summed E-state index contributed by atoms with van der Waals surface area (Å²) in [6.07, 6.45) is 0. The Balaban J connectivity index is 1.81. The number of hydrogen-bond acceptors (Lipinski definition) is 5. The minimum absolute atomic E-state index is 0.114. The van der Waals surface area contributed by atoms with Gasteiger partial charge in [0.1, 0.15) is 0 Å². The smallest absolute Gasteiger partial charge is 0.271 e. The number of hydrazone groups is 1. The van der Waals surface area contributed by atoms with E-state index in [0.717, 1.165) is 48.7 Å². The maximum Gasteiger partial charge on any atom is 0.271 e. The number of amides is 1. The molecule has 2 heterocycles. The number of likely N-dealkylation sites (N-methyl/N-ethyl adjacent to an activating group) is 2. The Hall–Kier alpha value is -1.92. The van der Waals surface area contributed by atoms with E-state index in [1.165, 1.54) is 0 Å². The summed E-state index contributed by atoms with van der Waals surface area (Å²) in [6, 6.07) is 5.82. The average molecular weight is 301 g/mol. The molecule has 1 aromatic carbocycles. The van der Waals surface area contributed by atoms with Gasteiger partial charge in [-0.2, -0.15) is 5.10 Å². The maximum atomic E-state index is 12.2. The largest absolute Gasteiger partial charge is 0.384 e. The van der Waals surface area contributed by atoms with E-state index in [0.29, 0.717) is 0 Å². The second kappa shape index (κ2) is 6.06. The first kappa shape index (κ1) is 15.0. The van der Waals surface area contributed by atoms with Gasteiger partial charge in [0.2, 0.25) is 0 Å². The number of carbonyl (C=O) groups is 1. The molecule has 0 saturated heterocycles. The zero-order valence-electron chi connectivity index (χ0n) is 13.4. The molecule has 0 spiro atoms. The maximum absolute atomic E-state index is 12.2. The zero-order valence-corrected chi connectivity index (χ0v) is 13.4. The van der Waals surface area contributed by atoms with Crippen LogP contribution in [0.3, 0.4) is 0 Å². The summed E-state index contributed by atoms with van der Waals surface area (Å²) in [5.74, 6) is 0.0588. The predicted octanol–water partition coefficient (Wildman–Crippen LogP) is 0.788. The minimum atomic E-state index is -0.114. The lowest BCUT2D eigenvalue weighted by molar-refractivity contribution is 0.0955. The molecule has 2 N–H and O–H groups in total. The first-order valence-corrected chi connectivity index (χ1v) is 7.63. The minimum Gasteiger partial charge on any atom is -0.384 e. The molecule has 2 aliphatic heterocycles. The Morgan fingerprint density at radius 3 is 2.86 bits per heavy atom. The number of hydrogen-bond donors (Lipinski definition) is 2. The van der Waals surface area contributed by atoms with Crippen LogP contribution in [0, 0.1) is 0 Å². The quantitative estimate of drug-likeness (QED) is 0.844. The first-order chi connectivity index (χ1) is 10.6. The van der Waals surface area contributed by atoms with Crippen molar-refractivity contribution in [2.45, 2.75) is 5.92 Å². The van der Waals surface area contributed by atoms with Crippen molar-refractivity contribution >= 4 is 17.3 Å². The lowest BCUT2D eigenvalue weighted by atomic mass is 9.91. The molecule has 0 aromatic heterocycles. The van der Waals surface area contributed by atoms with Gasteiger partial charge >= 0.3 is 0 Å². The molecule has 1 atom stereocenters. The highest BCUT2D eigenvalue weighted by Crippen LogP contribution is 2.36. The van der Waals surface area contributed by atoms with Crippen molar-refractivity contribution in [1.29, 1.82) is 0 Å². The van der Waals surface area contributed by atoms with Crippen molar-refractivity contribution in [3.63, 3.8) is 0 Å². The van der Waals surface area contributed by atoms with Gasteiger partial charge in [0.25, 0.3) is 5.91 Å². The van der Waals surface area contributed by atoms with Crippen LogP contribution in [0.1, 0.15) is 21.8 Å². The Morgan fingerprint density at radius 1 is 1.27 bits per heavy atom. The summed E-state index contributed by atoms with van der Waals surface area (Å²) >= 11 is 0. The first-order valence-electron chi connectivity index (χ1n) is 7.63. The average Bonchev–Trinajstić information content (AvgIpc) is 2.87. The number of nitrogens with zero attached hydrogens (tertiary/aromatic N) is 3. The molecular formula is C16H23N5O. The standard InChI is InChI=1S/C16H23N5O/c1-20(2)7-8-21(3)10-14-12-9-17-13-6-4-5-11(15(12)13)16(22)19-18-14/h4-6,12,17H,7-10H2,1-3H3,(H,19,22). The highest BCUT2D eigenvalue weighted by atomic mass is 16.2. The fourth-order valence-corrected chi connectivity index (χ4v) is 3.02. The third-order valence-corrected chi connectivity index (χ3v) is 4.26. The SMILES string of the molecule is CN(C)CCN(C)CC1=NNC(=O)c2cccc3c2C1CN3. The summed E-state index contributed by atoms with van der Waals surface area (Å²) in [4.78, 5) is 16.6. The van der Waals surface area contributed by atoms with E-state index >= 15 is 0 Å². The van der Waals surface area contributed by atoms with E-state index in [2.05, 4.69) is 46.8 Å². The molecular weight excluding hydrogens is 278 g/mol. The zero-order chi connectivity index (χ0) is 15.7. The summed E-state index contributed by atoms with van der Waals surface area (Å²) < 4.78 is 0. The Bertz CT molecular complexity index is 611. The molecule has 6 nitrogen and oxygen atoms in total. The van der Waals surface area contributed by atoms with Gasteiger partial charge in [-0.1, -0.05) is 6.07 Å². The molecule has 0 aliphatic carbocycles. The van der Waals surface area contributed by atoms with Gasteiger partial charge in [-0.25, -0.2) is 5.43 Å². The lowest BCUT2D eigenvalue weighted by Gasteiger charge is -2.22. The summed E-state index contributed by atoms with van der Waals surface area (Å²) in [5, 5.41) is 7.79. The third-order valence-electron chi connectivity index (χ3n) is 4.26. The van der Waals surface area contributed by atoms with Crippen LogP contribution >= 0.6 is 0 Å². The molecule has 3 rings (SSSR count). The van der Waals surface area contributed by atoms with E-state index in [-0.39, 0.29) is 11.8 Å². The third kappa shape index (κ3) is 2.84. The van der Waals surface area contributed by atoms with Crippen molar-refractivity contribution in [2.24, 2.45) is 5.10 Å². The van der Waals surface area contributed by atoms with Gasteiger partial charge in [0.15, 0.2) is 0 Å². The van der Waals surface area contributed by atoms with Crippen LogP contribution in [-0.2, 0) is 0 Å². The van der Waals surface area contributed by atoms with Crippen LogP contribution in [0.2, 0.25) is 0 Å². The van der Waals surface area contributed by atoms with E-state index in [1.807, 2.05) is 18.2 Å². The fourth-order valence-electron chi connectivity index (χ4n) is 3.02. The van der Waals surface area contributed by atoms with Crippen molar-refractivity contribution in [3.8, 4) is 0 Å². The highest BCUT2D eigenvalue weighted by Gasteiger charge is 2.33. The number of anilines is 1. The van der Waals surface area contributed by atoms with Crippen molar-refractivity contribution in [1.82, 2.24) is 15.2 Å². The number of rotatable bonds is 5. The van der Waals surface area contributed by atoms with Gasteiger partial charge in [-0.15, -0.1) is 0 Å². The van der Waals surface area contributed by atoms with Crippen LogP contribution < -0.4 is 10.7 Å². The van der Waals surface area contributed by atoms with Crippen molar-refractivity contribution < 1.29 is 4.79 Å².